The van der Waals surface area contributed by atoms with Gasteiger partial charge in [0.15, 0.2) is 5.78 Å². The van der Waals surface area contributed by atoms with Gasteiger partial charge in [-0.1, -0.05) is 23.7 Å². The molecule has 0 aliphatic carbocycles. The minimum atomic E-state index is -1.06. The first-order chi connectivity index (χ1) is 9.40. The van der Waals surface area contributed by atoms with E-state index in [1.54, 1.807) is 22.9 Å². The molecule has 0 aliphatic heterocycles. The van der Waals surface area contributed by atoms with Gasteiger partial charge in [-0.15, -0.1) is 0 Å². The quantitative estimate of drug-likeness (QED) is 0.875. The molecule has 104 valence electrons. The number of nitrogens with zero attached hydrogens (tertiary/aromatic N) is 1. The van der Waals surface area contributed by atoms with Gasteiger partial charge in [0.25, 0.3) is 0 Å². The van der Waals surface area contributed by atoms with E-state index in [0.29, 0.717) is 10.6 Å². The van der Waals surface area contributed by atoms with Crippen molar-refractivity contribution >= 4 is 23.4 Å². The van der Waals surface area contributed by atoms with E-state index in [-0.39, 0.29) is 17.5 Å². The summed E-state index contributed by atoms with van der Waals surface area (Å²) in [7, 11) is 0. The zero-order chi connectivity index (χ0) is 14.9. The summed E-state index contributed by atoms with van der Waals surface area (Å²) in [5, 5.41) is 9.84. The van der Waals surface area contributed by atoms with Crippen LogP contribution in [0.4, 0.5) is 0 Å². The third-order valence-corrected chi connectivity index (χ3v) is 3.46. The van der Waals surface area contributed by atoms with E-state index < -0.39 is 5.97 Å². The number of aromatic nitrogens is 1. The Bertz CT molecular complexity index is 676. The Labute approximate surface area is 121 Å². The van der Waals surface area contributed by atoms with Crippen molar-refractivity contribution in [3.63, 3.8) is 0 Å². The third kappa shape index (κ3) is 2.75. The van der Waals surface area contributed by atoms with Crippen molar-refractivity contribution in [2.75, 3.05) is 0 Å². The lowest BCUT2D eigenvalue weighted by atomic mass is 10.1. The third-order valence-electron chi connectivity index (χ3n) is 3.22. The smallest absolute Gasteiger partial charge is 0.352 e. The number of halogens is 1. The molecule has 20 heavy (non-hydrogen) atoms. The van der Waals surface area contributed by atoms with Gasteiger partial charge in [-0.05, 0) is 37.6 Å². The molecule has 2 rings (SSSR count). The predicted octanol–water partition coefficient (Wildman–Crippen LogP) is 3.65. The highest BCUT2D eigenvalue weighted by atomic mass is 35.5. The number of hydrogen-bond acceptors (Lipinski definition) is 2. The van der Waals surface area contributed by atoms with Crippen molar-refractivity contribution in [2.24, 2.45) is 0 Å². The molecule has 0 amide bonds. The Morgan fingerprint density at radius 2 is 2.00 bits per heavy atom. The molecule has 0 radical (unpaired) electrons. The number of benzene rings is 1. The summed E-state index contributed by atoms with van der Waals surface area (Å²) in [5.74, 6) is -1.23. The van der Waals surface area contributed by atoms with Gasteiger partial charge in [-0.2, -0.15) is 0 Å². The van der Waals surface area contributed by atoms with E-state index >= 15 is 0 Å². The number of carboxylic acids is 1. The Morgan fingerprint density at radius 1 is 1.30 bits per heavy atom. The zero-order valence-electron chi connectivity index (χ0n) is 11.1. The Balaban J connectivity index is 2.50. The van der Waals surface area contributed by atoms with Crippen LogP contribution in [0, 0.1) is 0 Å². The normalized spacial score (nSPS) is 12.2. The fraction of sp³-hybridized carbons (Fsp3) is 0.200. The van der Waals surface area contributed by atoms with Crippen LogP contribution in [0.25, 0.3) is 0 Å². The maximum atomic E-state index is 11.4. The number of hydrogen-bond donors (Lipinski definition) is 1. The molecule has 1 aromatic heterocycles. The number of aromatic carboxylic acids is 1. The van der Waals surface area contributed by atoms with Crippen molar-refractivity contribution in [3.05, 3.63) is 58.4 Å². The Hall–Kier alpha value is -2.07. The summed E-state index contributed by atoms with van der Waals surface area (Å²) in [5.41, 5.74) is 1.35. The number of carbonyl (C=O) groups excluding carboxylic acids is 1. The number of carbonyl (C=O) groups is 2. The highest BCUT2D eigenvalue weighted by molar-refractivity contribution is 6.30. The minimum absolute atomic E-state index is 0.0858. The molecule has 0 saturated heterocycles. The minimum Gasteiger partial charge on any atom is -0.477 e. The molecule has 0 spiro atoms. The lowest BCUT2D eigenvalue weighted by Gasteiger charge is -2.16. The van der Waals surface area contributed by atoms with Gasteiger partial charge >= 0.3 is 5.97 Å². The van der Waals surface area contributed by atoms with Gasteiger partial charge in [0.2, 0.25) is 0 Å². The molecule has 2 aromatic rings. The molecule has 0 bridgehead atoms. The molecular formula is C15H14ClNO3. The number of carboxylic acid groups (broad SMARTS) is 1. The summed E-state index contributed by atoms with van der Waals surface area (Å²) in [6.07, 6.45) is 1.57. The predicted molar refractivity (Wildman–Crippen MR) is 76.7 cm³/mol. The number of ketones is 1. The van der Waals surface area contributed by atoms with Gasteiger partial charge in [-0.3, -0.25) is 4.79 Å². The molecule has 1 aromatic carbocycles. The van der Waals surface area contributed by atoms with Crippen LogP contribution < -0.4 is 0 Å². The summed E-state index contributed by atoms with van der Waals surface area (Å²) in [6.45, 7) is 3.28. The second kappa shape index (κ2) is 5.51. The van der Waals surface area contributed by atoms with Crippen molar-refractivity contribution in [2.45, 2.75) is 19.9 Å². The van der Waals surface area contributed by atoms with Crippen LogP contribution in [0.15, 0.2) is 36.5 Å². The van der Waals surface area contributed by atoms with Gasteiger partial charge in [0.05, 0.1) is 6.04 Å². The first-order valence-corrected chi connectivity index (χ1v) is 6.49. The Morgan fingerprint density at radius 3 is 2.55 bits per heavy atom. The van der Waals surface area contributed by atoms with Crippen molar-refractivity contribution < 1.29 is 14.7 Å². The van der Waals surface area contributed by atoms with Crippen molar-refractivity contribution in [3.8, 4) is 0 Å². The summed E-state index contributed by atoms with van der Waals surface area (Å²) < 4.78 is 1.57. The van der Waals surface area contributed by atoms with Gasteiger partial charge in [0, 0.05) is 16.8 Å². The fourth-order valence-corrected chi connectivity index (χ4v) is 2.29. The maximum Gasteiger partial charge on any atom is 0.352 e. The van der Waals surface area contributed by atoms with Gasteiger partial charge < -0.3 is 9.67 Å². The summed E-state index contributed by atoms with van der Waals surface area (Å²) in [6, 6.07) is 8.39. The fourth-order valence-electron chi connectivity index (χ4n) is 2.09. The molecule has 1 unspecified atom stereocenters. The molecule has 4 nitrogen and oxygen atoms in total. The van der Waals surface area contributed by atoms with E-state index in [1.807, 2.05) is 19.1 Å². The largest absolute Gasteiger partial charge is 0.477 e. The van der Waals surface area contributed by atoms with E-state index in [9.17, 15) is 14.7 Å². The lowest BCUT2D eigenvalue weighted by molar-refractivity contribution is 0.0684. The molecule has 5 heteroatoms. The number of rotatable bonds is 4. The first-order valence-electron chi connectivity index (χ1n) is 6.11. The SMILES string of the molecule is CC(=O)c1cc(C(=O)O)n(C(C)c2cccc(Cl)c2)c1. The Kier molecular flexibility index (Phi) is 3.95. The van der Waals surface area contributed by atoms with E-state index in [0.717, 1.165) is 5.56 Å². The van der Waals surface area contributed by atoms with E-state index in [2.05, 4.69) is 0 Å². The maximum absolute atomic E-state index is 11.4. The monoisotopic (exact) mass is 291 g/mol. The van der Waals surface area contributed by atoms with Gasteiger partial charge in [0.1, 0.15) is 5.69 Å². The first kappa shape index (κ1) is 14.3. The molecule has 1 atom stereocenters. The second-order valence-electron chi connectivity index (χ2n) is 4.61. The molecule has 1 N–H and O–H groups in total. The standard InChI is InChI=1S/C15H14ClNO3/c1-9(11-4-3-5-13(16)6-11)17-8-12(10(2)18)7-14(17)15(19)20/h3-9H,1-2H3,(H,19,20). The van der Waals surface area contributed by atoms with Crippen LogP contribution in [0.1, 0.15) is 46.3 Å². The van der Waals surface area contributed by atoms with Crippen LogP contribution in [0.2, 0.25) is 5.02 Å². The molecule has 0 aliphatic rings. The summed E-state index contributed by atoms with van der Waals surface area (Å²) >= 11 is 5.95. The second-order valence-corrected chi connectivity index (χ2v) is 5.05. The molecule has 0 saturated carbocycles. The van der Waals surface area contributed by atoms with Crippen LogP contribution in [-0.2, 0) is 0 Å². The molecular weight excluding hydrogens is 278 g/mol. The average molecular weight is 292 g/mol. The highest BCUT2D eigenvalue weighted by Crippen LogP contribution is 2.24. The lowest BCUT2D eigenvalue weighted by Crippen LogP contribution is -2.12. The van der Waals surface area contributed by atoms with Crippen LogP contribution in [-0.4, -0.2) is 21.4 Å². The molecule has 1 heterocycles. The van der Waals surface area contributed by atoms with E-state index in [1.165, 1.54) is 13.0 Å². The summed E-state index contributed by atoms with van der Waals surface area (Å²) in [4.78, 5) is 22.7. The molecule has 0 fully saturated rings. The van der Waals surface area contributed by atoms with Crippen LogP contribution >= 0.6 is 11.6 Å². The van der Waals surface area contributed by atoms with Crippen LogP contribution in [0.3, 0.4) is 0 Å². The number of Topliss-reactive ketones (excluding diaryl/α,β-unsaturated/α-hetero) is 1. The van der Waals surface area contributed by atoms with Gasteiger partial charge in [-0.25, -0.2) is 4.79 Å². The topological polar surface area (TPSA) is 59.3 Å². The average Bonchev–Trinajstić information content (AvgIpc) is 2.83. The highest BCUT2D eigenvalue weighted by Gasteiger charge is 2.19. The zero-order valence-corrected chi connectivity index (χ0v) is 11.9. The van der Waals surface area contributed by atoms with Crippen molar-refractivity contribution in [1.29, 1.82) is 0 Å². The van der Waals surface area contributed by atoms with Crippen molar-refractivity contribution in [1.82, 2.24) is 4.57 Å². The van der Waals surface area contributed by atoms with Crippen LogP contribution in [0.5, 0.6) is 0 Å². The van der Waals surface area contributed by atoms with E-state index in [4.69, 9.17) is 11.6 Å².